The Morgan fingerprint density at radius 1 is 1.22 bits per heavy atom. The first-order valence-electron chi connectivity index (χ1n) is 6.04. The third kappa shape index (κ3) is 6.67. The molecule has 0 amide bonds. The summed E-state index contributed by atoms with van der Waals surface area (Å²) in [6.07, 6.45) is 0.172. The number of carbonyl (C=O) groups is 1. The van der Waals surface area contributed by atoms with Crippen molar-refractivity contribution in [1.82, 2.24) is 0 Å². The molecule has 18 heavy (non-hydrogen) atoms. The van der Waals surface area contributed by atoms with E-state index >= 15 is 0 Å². The van der Waals surface area contributed by atoms with Gasteiger partial charge in [-0.3, -0.25) is 4.79 Å². The van der Waals surface area contributed by atoms with E-state index in [1.54, 1.807) is 0 Å². The molecule has 0 aliphatic heterocycles. The second kappa shape index (κ2) is 8.16. The minimum Gasteiger partial charge on any atom is -0.463 e. The molecule has 1 rings (SSSR count). The fourth-order valence-corrected chi connectivity index (χ4v) is 1.95. The van der Waals surface area contributed by atoms with E-state index in [1.807, 2.05) is 45.0 Å². The van der Waals surface area contributed by atoms with Gasteiger partial charge in [0.25, 0.3) is 0 Å². The molecule has 0 unspecified atom stereocenters. The van der Waals surface area contributed by atoms with Crippen molar-refractivity contribution in [2.24, 2.45) is 0 Å². The Kier molecular flexibility index (Phi) is 6.83. The number of ether oxygens (including phenoxy) is 2. The monoisotopic (exact) mass is 268 g/mol. The minimum atomic E-state index is -0.201. The van der Waals surface area contributed by atoms with Gasteiger partial charge in [0.15, 0.2) is 0 Å². The average molecular weight is 268 g/mol. The Balaban J connectivity index is 2.15. The van der Waals surface area contributed by atoms with Gasteiger partial charge in [-0.05, 0) is 32.9 Å². The maximum Gasteiger partial charge on any atom is 0.316 e. The first kappa shape index (κ1) is 15.1. The van der Waals surface area contributed by atoms with Crippen LogP contribution >= 0.6 is 11.8 Å². The Morgan fingerprint density at radius 2 is 1.89 bits per heavy atom. The summed E-state index contributed by atoms with van der Waals surface area (Å²) < 4.78 is 10.3. The van der Waals surface area contributed by atoms with Crippen molar-refractivity contribution >= 4 is 17.7 Å². The van der Waals surface area contributed by atoms with Crippen LogP contribution in [-0.2, 0) is 14.3 Å². The molecule has 0 aliphatic carbocycles. The van der Waals surface area contributed by atoms with E-state index in [9.17, 15) is 4.79 Å². The molecule has 0 bridgehead atoms. The van der Waals surface area contributed by atoms with E-state index in [2.05, 4.69) is 0 Å². The molecule has 1 aromatic rings. The summed E-state index contributed by atoms with van der Waals surface area (Å²) in [4.78, 5) is 12.5. The molecule has 0 aromatic heterocycles. The van der Waals surface area contributed by atoms with Crippen LogP contribution in [0.5, 0.6) is 0 Å². The van der Waals surface area contributed by atoms with Crippen molar-refractivity contribution in [3.63, 3.8) is 0 Å². The van der Waals surface area contributed by atoms with Gasteiger partial charge in [0.05, 0.1) is 18.5 Å². The van der Waals surface area contributed by atoms with E-state index < -0.39 is 0 Å². The SMILES string of the molecule is Cc1ccc(SCC(=O)OCCOC(C)C)cc1. The molecular formula is C14H20O3S. The van der Waals surface area contributed by atoms with Crippen molar-refractivity contribution in [2.75, 3.05) is 19.0 Å². The highest BCUT2D eigenvalue weighted by Gasteiger charge is 2.04. The number of esters is 1. The van der Waals surface area contributed by atoms with E-state index in [1.165, 1.54) is 17.3 Å². The van der Waals surface area contributed by atoms with E-state index in [-0.39, 0.29) is 12.1 Å². The van der Waals surface area contributed by atoms with Crippen LogP contribution in [0.25, 0.3) is 0 Å². The predicted molar refractivity (Wildman–Crippen MR) is 74.0 cm³/mol. The standard InChI is InChI=1S/C14H20O3S/c1-11(2)16-8-9-17-14(15)10-18-13-6-4-12(3)5-7-13/h4-7,11H,8-10H2,1-3H3. The van der Waals surface area contributed by atoms with Gasteiger partial charge in [-0.25, -0.2) is 0 Å². The fourth-order valence-electron chi connectivity index (χ4n) is 1.26. The van der Waals surface area contributed by atoms with Gasteiger partial charge in [0.1, 0.15) is 6.61 Å². The molecule has 1 aromatic carbocycles. The minimum absolute atomic E-state index is 0.172. The predicted octanol–water partition coefficient (Wildman–Crippen LogP) is 3.06. The first-order valence-corrected chi connectivity index (χ1v) is 7.03. The molecule has 0 atom stereocenters. The summed E-state index contributed by atoms with van der Waals surface area (Å²) in [7, 11) is 0. The Labute approximate surface area is 113 Å². The van der Waals surface area contributed by atoms with Gasteiger partial charge in [0.2, 0.25) is 0 Å². The fraction of sp³-hybridized carbons (Fsp3) is 0.500. The summed E-state index contributed by atoms with van der Waals surface area (Å²) in [5.41, 5.74) is 1.22. The van der Waals surface area contributed by atoms with Gasteiger partial charge in [-0.1, -0.05) is 17.7 Å². The van der Waals surface area contributed by atoms with Crippen LogP contribution in [0.2, 0.25) is 0 Å². The lowest BCUT2D eigenvalue weighted by molar-refractivity contribution is -0.142. The lowest BCUT2D eigenvalue weighted by Gasteiger charge is -2.08. The summed E-state index contributed by atoms with van der Waals surface area (Å²) in [6, 6.07) is 8.08. The summed E-state index contributed by atoms with van der Waals surface area (Å²) >= 11 is 1.49. The summed E-state index contributed by atoms with van der Waals surface area (Å²) in [5.74, 6) is 0.137. The zero-order chi connectivity index (χ0) is 13.4. The third-order valence-electron chi connectivity index (χ3n) is 2.18. The first-order chi connectivity index (χ1) is 8.58. The Morgan fingerprint density at radius 3 is 2.50 bits per heavy atom. The van der Waals surface area contributed by atoms with Crippen molar-refractivity contribution < 1.29 is 14.3 Å². The highest BCUT2D eigenvalue weighted by atomic mass is 32.2. The van der Waals surface area contributed by atoms with Gasteiger partial charge >= 0.3 is 5.97 Å². The van der Waals surface area contributed by atoms with E-state index in [0.717, 1.165) is 4.90 Å². The van der Waals surface area contributed by atoms with Gasteiger partial charge in [-0.15, -0.1) is 11.8 Å². The molecule has 0 N–H and O–H groups in total. The van der Waals surface area contributed by atoms with Crippen LogP contribution in [0.1, 0.15) is 19.4 Å². The van der Waals surface area contributed by atoms with E-state index in [4.69, 9.17) is 9.47 Å². The molecule has 0 saturated carbocycles. The van der Waals surface area contributed by atoms with Gasteiger partial charge in [-0.2, -0.15) is 0 Å². The number of carbonyl (C=O) groups excluding carboxylic acids is 1. The van der Waals surface area contributed by atoms with Crippen LogP contribution in [0.3, 0.4) is 0 Å². The second-order valence-corrected chi connectivity index (χ2v) is 5.29. The van der Waals surface area contributed by atoms with Crippen LogP contribution in [0, 0.1) is 6.92 Å². The van der Waals surface area contributed by atoms with Crippen molar-refractivity contribution in [2.45, 2.75) is 31.8 Å². The van der Waals surface area contributed by atoms with Crippen LogP contribution in [0.15, 0.2) is 29.2 Å². The normalized spacial score (nSPS) is 10.7. The molecule has 0 radical (unpaired) electrons. The van der Waals surface area contributed by atoms with E-state index in [0.29, 0.717) is 19.0 Å². The summed E-state index contributed by atoms with van der Waals surface area (Å²) in [6.45, 7) is 6.73. The van der Waals surface area contributed by atoms with Gasteiger partial charge < -0.3 is 9.47 Å². The lowest BCUT2D eigenvalue weighted by atomic mass is 10.2. The highest BCUT2D eigenvalue weighted by molar-refractivity contribution is 8.00. The molecule has 100 valence electrons. The maximum atomic E-state index is 11.4. The summed E-state index contributed by atoms with van der Waals surface area (Å²) in [5, 5.41) is 0. The largest absolute Gasteiger partial charge is 0.463 e. The quantitative estimate of drug-likeness (QED) is 0.432. The Bertz CT molecular complexity index is 360. The van der Waals surface area contributed by atoms with Crippen molar-refractivity contribution in [3.8, 4) is 0 Å². The lowest BCUT2D eigenvalue weighted by Crippen LogP contribution is -2.14. The Hall–Kier alpha value is -1.00. The smallest absolute Gasteiger partial charge is 0.316 e. The third-order valence-corrected chi connectivity index (χ3v) is 3.16. The van der Waals surface area contributed by atoms with Crippen LogP contribution < -0.4 is 0 Å². The number of aryl methyl sites for hydroxylation is 1. The topological polar surface area (TPSA) is 35.5 Å². The number of hydrogen-bond acceptors (Lipinski definition) is 4. The van der Waals surface area contributed by atoms with Crippen LogP contribution in [0.4, 0.5) is 0 Å². The number of thioether (sulfide) groups is 1. The highest BCUT2D eigenvalue weighted by Crippen LogP contribution is 2.18. The van der Waals surface area contributed by atoms with Crippen molar-refractivity contribution in [1.29, 1.82) is 0 Å². The molecule has 4 heteroatoms. The second-order valence-electron chi connectivity index (χ2n) is 4.24. The zero-order valence-electron chi connectivity index (χ0n) is 11.1. The number of rotatable bonds is 7. The van der Waals surface area contributed by atoms with Crippen molar-refractivity contribution in [3.05, 3.63) is 29.8 Å². The molecule has 0 spiro atoms. The molecule has 0 heterocycles. The number of benzene rings is 1. The molecule has 3 nitrogen and oxygen atoms in total. The van der Waals surface area contributed by atoms with Gasteiger partial charge in [0, 0.05) is 4.90 Å². The molecule has 0 saturated heterocycles. The average Bonchev–Trinajstić information content (AvgIpc) is 2.34. The number of hydrogen-bond donors (Lipinski definition) is 0. The molecule has 0 aliphatic rings. The molecular weight excluding hydrogens is 248 g/mol. The van der Waals surface area contributed by atoms with Crippen LogP contribution in [-0.4, -0.2) is 31.0 Å². The maximum absolute atomic E-state index is 11.4. The zero-order valence-corrected chi connectivity index (χ0v) is 12.0. The molecule has 0 fully saturated rings.